The molecule has 1 fully saturated rings. The number of carbonyl (C=O) groups excluding carboxylic acids is 1. The molecule has 0 aromatic carbocycles. The summed E-state index contributed by atoms with van der Waals surface area (Å²) in [6, 6.07) is 0. The van der Waals surface area contributed by atoms with E-state index in [0.29, 0.717) is 6.61 Å². The zero-order valence-corrected chi connectivity index (χ0v) is 9.66. The van der Waals surface area contributed by atoms with Crippen LogP contribution in [0.3, 0.4) is 0 Å². The van der Waals surface area contributed by atoms with Crippen LogP contribution in [0.4, 0.5) is 0 Å². The summed E-state index contributed by atoms with van der Waals surface area (Å²) in [5, 5.41) is 8.31. The maximum absolute atomic E-state index is 10.4. The van der Waals surface area contributed by atoms with Crippen molar-refractivity contribution in [2.45, 2.75) is 40.0 Å². The molecule has 4 heteroatoms. The fraction of sp³-hybridized carbons (Fsp3) is 0.818. The third kappa shape index (κ3) is 6.10. The van der Waals surface area contributed by atoms with Crippen molar-refractivity contribution in [3.05, 3.63) is 0 Å². The normalized spacial score (nSPS) is 21.3. The first-order valence-corrected chi connectivity index (χ1v) is 5.38. The van der Waals surface area contributed by atoms with Crippen LogP contribution in [-0.4, -0.2) is 23.7 Å². The number of carboxylic acid groups (broad SMARTS) is 1. The maximum atomic E-state index is 10.4. The summed E-state index contributed by atoms with van der Waals surface area (Å²) < 4.78 is 4.63. The van der Waals surface area contributed by atoms with Crippen LogP contribution in [0.25, 0.3) is 0 Å². The van der Waals surface area contributed by atoms with E-state index >= 15 is 0 Å². The molecule has 0 bridgehead atoms. The second-order valence-corrected chi connectivity index (χ2v) is 3.89. The maximum Gasteiger partial charge on any atom is 0.308 e. The summed E-state index contributed by atoms with van der Waals surface area (Å²) in [5.74, 6) is -0.744. The zero-order chi connectivity index (χ0) is 11.8. The summed E-state index contributed by atoms with van der Waals surface area (Å²) in [5.41, 5.74) is 0. The van der Waals surface area contributed by atoms with Crippen LogP contribution in [0.1, 0.15) is 40.0 Å². The van der Waals surface area contributed by atoms with Crippen molar-refractivity contribution in [2.24, 2.45) is 11.8 Å². The molecule has 1 saturated heterocycles. The van der Waals surface area contributed by atoms with Crippen LogP contribution in [0.2, 0.25) is 0 Å². The minimum absolute atomic E-state index is 0.0417. The number of rotatable bonds is 3. The summed E-state index contributed by atoms with van der Waals surface area (Å²) in [6.45, 7) is 6.22. The SMILES string of the molecule is CC1CCOC1=O.CCCC(C)C(=O)O. The molecule has 2 unspecified atom stereocenters. The van der Waals surface area contributed by atoms with Crippen LogP contribution in [-0.2, 0) is 14.3 Å². The number of cyclic esters (lactones) is 1. The van der Waals surface area contributed by atoms with Gasteiger partial charge in [0.2, 0.25) is 0 Å². The van der Waals surface area contributed by atoms with Gasteiger partial charge in [0.05, 0.1) is 18.4 Å². The Bertz CT molecular complexity index is 213. The minimum atomic E-state index is -0.688. The van der Waals surface area contributed by atoms with E-state index in [2.05, 4.69) is 4.74 Å². The van der Waals surface area contributed by atoms with Crippen molar-refractivity contribution in [2.75, 3.05) is 6.61 Å². The molecule has 0 spiro atoms. The molecule has 88 valence electrons. The number of hydrogen-bond acceptors (Lipinski definition) is 3. The summed E-state index contributed by atoms with van der Waals surface area (Å²) >= 11 is 0. The number of esters is 1. The van der Waals surface area contributed by atoms with E-state index in [4.69, 9.17) is 5.11 Å². The van der Waals surface area contributed by atoms with Gasteiger partial charge in [-0.05, 0) is 12.8 Å². The van der Waals surface area contributed by atoms with Crippen molar-refractivity contribution < 1.29 is 19.4 Å². The average Bonchev–Trinajstić information content (AvgIpc) is 2.52. The third-order valence-corrected chi connectivity index (χ3v) is 2.34. The van der Waals surface area contributed by atoms with Gasteiger partial charge in [0.1, 0.15) is 0 Å². The molecule has 4 nitrogen and oxygen atoms in total. The van der Waals surface area contributed by atoms with Gasteiger partial charge in [0.25, 0.3) is 0 Å². The average molecular weight is 216 g/mol. The van der Waals surface area contributed by atoms with Gasteiger partial charge in [-0.15, -0.1) is 0 Å². The van der Waals surface area contributed by atoms with Crippen LogP contribution in [0, 0.1) is 11.8 Å². The van der Waals surface area contributed by atoms with Crippen LogP contribution in [0.15, 0.2) is 0 Å². The van der Waals surface area contributed by atoms with Crippen molar-refractivity contribution >= 4 is 11.9 Å². The third-order valence-electron chi connectivity index (χ3n) is 2.34. The zero-order valence-electron chi connectivity index (χ0n) is 9.66. The highest BCUT2D eigenvalue weighted by Gasteiger charge is 2.20. The van der Waals surface area contributed by atoms with E-state index in [1.807, 2.05) is 13.8 Å². The molecule has 0 radical (unpaired) electrons. The Morgan fingerprint density at radius 3 is 2.40 bits per heavy atom. The van der Waals surface area contributed by atoms with Gasteiger partial charge in [-0.1, -0.05) is 27.2 Å². The van der Waals surface area contributed by atoms with Crippen molar-refractivity contribution in [1.29, 1.82) is 0 Å². The lowest BCUT2D eigenvalue weighted by atomic mass is 10.1. The number of ether oxygens (including phenoxy) is 1. The Labute approximate surface area is 90.6 Å². The van der Waals surface area contributed by atoms with Crippen LogP contribution >= 0.6 is 0 Å². The topological polar surface area (TPSA) is 63.6 Å². The van der Waals surface area contributed by atoms with E-state index in [0.717, 1.165) is 19.3 Å². The largest absolute Gasteiger partial charge is 0.481 e. The molecule has 0 aromatic heterocycles. The molecule has 0 aromatic rings. The molecule has 2 atom stereocenters. The molecule has 0 aliphatic carbocycles. The smallest absolute Gasteiger partial charge is 0.308 e. The van der Waals surface area contributed by atoms with Crippen molar-refractivity contribution in [1.82, 2.24) is 0 Å². The van der Waals surface area contributed by atoms with E-state index < -0.39 is 5.97 Å². The van der Waals surface area contributed by atoms with Gasteiger partial charge < -0.3 is 9.84 Å². The number of carbonyl (C=O) groups is 2. The van der Waals surface area contributed by atoms with Crippen molar-refractivity contribution in [3.63, 3.8) is 0 Å². The van der Waals surface area contributed by atoms with Gasteiger partial charge in [-0.25, -0.2) is 0 Å². The van der Waals surface area contributed by atoms with E-state index in [1.54, 1.807) is 6.92 Å². The first-order valence-electron chi connectivity index (χ1n) is 5.38. The molecular weight excluding hydrogens is 196 g/mol. The number of hydrogen-bond donors (Lipinski definition) is 1. The van der Waals surface area contributed by atoms with E-state index in [-0.39, 0.29) is 17.8 Å². The molecule has 1 rings (SSSR count). The summed E-state index contributed by atoms with van der Waals surface area (Å²) in [7, 11) is 0. The quantitative estimate of drug-likeness (QED) is 0.733. The lowest BCUT2D eigenvalue weighted by Crippen LogP contribution is -2.08. The highest BCUT2D eigenvalue weighted by atomic mass is 16.5. The number of aliphatic carboxylic acids is 1. The molecule has 1 aliphatic heterocycles. The number of carboxylic acids is 1. The van der Waals surface area contributed by atoms with Gasteiger partial charge in [-0.3, -0.25) is 9.59 Å². The molecule has 0 saturated carbocycles. The minimum Gasteiger partial charge on any atom is -0.481 e. The van der Waals surface area contributed by atoms with E-state index in [1.165, 1.54) is 0 Å². The molecule has 1 heterocycles. The summed E-state index contributed by atoms with van der Waals surface area (Å²) in [4.78, 5) is 20.4. The Morgan fingerprint density at radius 1 is 1.67 bits per heavy atom. The van der Waals surface area contributed by atoms with Gasteiger partial charge in [0, 0.05) is 0 Å². The second-order valence-electron chi connectivity index (χ2n) is 3.89. The Morgan fingerprint density at radius 2 is 2.27 bits per heavy atom. The monoisotopic (exact) mass is 216 g/mol. The Kier molecular flexibility index (Phi) is 6.75. The second kappa shape index (κ2) is 7.26. The first kappa shape index (κ1) is 13.9. The molecule has 0 amide bonds. The first-order chi connectivity index (χ1) is 6.99. The van der Waals surface area contributed by atoms with Crippen LogP contribution in [0.5, 0.6) is 0 Å². The predicted octanol–water partition coefficient (Wildman–Crippen LogP) is 2.08. The highest BCUT2D eigenvalue weighted by Crippen LogP contribution is 2.11. The van der Waals surface area contributed by atoms with Crippen LogP contribution < -0.4 is 0 Å². The predicted molar refractivity (Wildman–Crippen MR) is 56.4 cm³/mol. The molecular formula is C11H20O4. The van der Waals surface area contributed by atoms with Gasteiger partial charge in [0.15, 0.2) is 0 Å². The molecule has 1 N–H and O–H groups in total. The fourth-order valence-corrected chi connectivity index (χ4v) is 1.15. The van der Waals surface area contributed by atoms with Gasteiger partial charge in [-0.2, -0.15) is 0 Å². The molecule has 15 heavy (non-hydrogen) atoms. The van der Waals surface area contributed by atoms with Gasteiger partial charge >= 0.3 is 11.9 Å². The Balaban J connectivity index is 0.000000262. The van der Waals surface area contributed by atoms with Crippen molar-refractivity contribution in [3.8, 4) is 0 Å². The standard InChI is InChI=1S/C6H12O2.C5H8O2/c1-3-4-5(2)6(7)8;1-4-2-3-7-5(4)6/h5H,3-4H2,1-2H3,(H,7,8);4H,2-3H2,1H3. The molecule has 1 aliphatic rings. The Hall–Kier alpha value is -1.06. The highest BCUT2D eigenvalue weighted by molar-refractivity contribution is 5.73. The lowest BCUT2D eigenvalue weighted by Gasteiger charge is -2.00. The summed E-state index contributed by atoms with van der Waals surface area (Å²) in [6.07, 6.45) is 2.64. The van der Waals surface area contributed by atoms with E-state index in [9.17, 15) is 9.59 Å². The lowest BCUT2D eigenvalue weighted by molar-refractivity contribution is -0.142. The fourth-order valence-electron chi connectivity index (χ4n) is 1.15.